The van der Waals surface area contributed by atoms with E-state index in [0.29, 0.717) is 11.6 Å². The maximum atomic E-state index is 10.5. The molecular weight excluding hydrogens is 274 g/mol. The molecule has 0 spiro atoms. The smallest absolute Gasteiger partial charge is 0.309 e. The van der Waals surface area contributed by atoms with Crippen LogP contribution >= 0.6 is 15.9 Å². The van der Waals surface area contributed by atoms with E-state index in [1.165, 1.54) is 6.26 Å². The maximum Gasteiger partial charge on any atom is 0.309 e. The predicted molar refractivity (Wildman–Crippen MR) is 61.0 cm³/mol. The minimum atomic E-state index is -0.924. The molecule has 1 N–H and O–H groups in total. The van der Waals surface area contributed by atoms with Crippen LogP contribution in [0.5, 0.6) is 0 Å². The first-order valence-electron chi connectivity index (χ1n) is 4.58. The summed E-state index contributed by atoms with van der Waals surface area (Å²) < 4.78 is 6.09. The van der Waals surface area contributed by atoms with Gasteiger partial charge >= 0.3 is 5.97 Å². The summed E-state index contributed by atoms with van der Waals surface area (Å²) in [4.78, 5) is 14.6. The highest BCUT2D eigenvalue weighted by molar-refractivity contribution is 9.10. The van der Waals surface area contributed by atoms with Crippen LogP contribution in [-0.2, 0) is 11.2 Å². The van der Waals surface area contributed by atoms with Crippen molar-refractivity contribution < 1.29 is 14.3 Å². The van der Waals surface area contributed by atoms with Crippen molar-refractivity contribution in [1.29, 1.82) is 0 Å². The number of hydrogen-bond acceptors (Lipinski definition) is 3. The highest BCUT2D eigenvalue weighted by atomic mass is 79.9. The van der Waals surface area contributed by atoms with Crippen LogP contribution in [0.3, 0.4) is 0 Å². The summed E-state index contributed by atoms with van der Waals surface area (Å²) >= 11 is 3.38. The van der Waals surface area contributed by atoms with Crippen LogP contribution in [0.4, 0.5) is 0 Å². The number of carboxylic acid groups (broad SMARTS) is 1. The SMILES string of the molecule is O=C(O)Cc1coc(-c2ccccc2Br)n1. The van der Waals surface area contributed by atoms with Gasteiger partial charge in [-0.2, -0.15) is 0 Å². The maximum absolute atomic E-state index is 10.5. The van der Waals surface area contributed by atoms with Gasteiger partial charge in [0.05, 0.1) is 17.7 Å². The molecule has 0 aliphatic rings. The molecule has 1 aromatic heterocycles. The molecule has 82 valence electrons. The summed E-state index contributed by atoms with van der Waals surface area (Å²) in [6.45, 7) is 0. The molecule has 0 atom stereocenters. The number of nitrogens with zero attached hydrogens (tertiary/aromatic N) is 1. The Morgan fingerprint density at radius 2 is 2.19 bits per heavy atom. The van der Waals surface area contributed by atoms with Crippen molar-refractivity contribution in [2.45, 2.75) is 6.42 Å². The molecular formula is C11H8BrNO3. The third-order valence-electron chi connectivity index (χ3n) is 1.99. The molecule has 0 saturated carbocycles. The summed E-state index contributed by atoms with van der Waals surface area (Å²) in [6, 6.07) is 7.46. The second-order valence-electron chi connectivity index (χ2n) is 3.19. The van der Waals surface area contributed by atoms with Gasteiger partial charge < -0.3 is 9.52 Å². The molecule has 0 aliphatic heterocycles. The summed E-state index contributed by atoms with van der Waals surface area (Å²) in [6.07, 6.45) is 1.23. The Balaban J connectivity index is 2.32. The van der Waals surface area contributed by atoms with E-state index in [-0.39, 0.29) is 6.42 Å². The minimum absolute atomic E-state index is 0.131. The molecule has 0 saturated heterocycles. The first-order valence-corrected chi connectivity index (χ1v) is 5.37. The molecule has 0 radical (unpaired) electrons. The fourth-order valence-electron chi connectivity index (χ4n) is 1.30. The molecule has 1 aromatic carbocycles. The van der Waals surface area contributed by atoms with Crippen molar-refractivity contribution in [2.24, 2.45) is 0 Å². The third kappa shape index (κ3) is 2.30. The lowest BCUT2D eigenvalue weighted by Gasteiger charge is -1.97. The van der Waals surface area contributed by atoms with Crippen LogP contribution in [-0.4, -0.2) is 16.1 Å². The van der Waals surface area contributed by atoms with Gasteiger partial charge in [-0.05, 0) is 28.1 Å². The fourth-order valence-corrected chi connectivity index (χ4v) is 1.76. The number of oxazole rings is 1. The highest BCUT2D eigenvalue weighted by Gasteiger charge is 2.11. The summed E-state index contributed by atoms with van der Waals surface area (Å²) in [5.41, 5.74) is 1.22. The van der Waals surface area contributed by atoms with Crippen LogP contribution in [0, 0.1) is 0 Å². The molecule has 4 nitrogen and oxygen atoms in total. The summed E-state index contributed by atoms with van der Waals surface area (Å²) in [7, 11) is 0. The van der Waals surface area contributed by atoms with Gasteiger partial charge in [-0.1, -0.05) is 12.1 Å². The number of carbonyl (C=O) groups is 1. The lowest BCUT2D eigenvalue weighted by atomic mass is 10.2. The van der Waals surface area contributed by atoms with Crippen molar-refractivity contribution in [2.75, 3.05) is 0 Å². The van der Waals surface area contributed by atoms with Gasteiger partial charge in [0.15, 0.2) is 0 Å². The molecule has 1 heterocycles. The van der Waals surface area contributed by atoms with E-state index < -0.39 is 5.97 Å². The first-order chi connectivity index (χ1) is 7.66. The van der Waals surface area contributed by atoms with Crippen LogP contribution in [0.1, 0.15) is 5.69 Å². The first kappa shape index (κ1) is 10.9. The monoisotopic (exact) mass is 281 g/mol. The van der Waals surface area contributed by atoms with Gasteiger partial charge in [0.2, 0.25) is 5.89 Å². The zero-order chi connectivity index (χ0) is 11.5. The van der Waals surface area contributed by atoms with Crippen molar-refractivity contribution in [3.8, 4) is 11.5 Å². The normalized spacial score (nSPS) is 10.3. The van der Waals surface area contributed by atoms with E-state index in [2.05, 4.69) is 20.9 Å². The number of aliphatic carboxylic acids is 1. The quantitative estimate of drug-likeness (QED) is 0.940. The molecule has 16 heavy (non-hydrogen) atoms. The average molecular weight is 282 g/mol. The van der Waals surface area contributed by atoms with E-state index >= 15 is 0 Å². The zero-order valence-electron chi connectivity index (χ0n) is 8.18. The number of carboxylic acids is 1. The van der Waals surface area contributed by atoms with E-state index in [4.69, 9.17) is 9.52 Å². The number of halogens is 1. The van der Waals surface area contributed by atoms with Crippen molar-refractivity contribution >= 4 is 21.9 Å². The number of rotatable bonds is 3. The van der Waals surface area contributed by atoms with Gasteiger partial charge in [0.25, 0.3) is 0 Å². The van der Waals surface area contributed by atoms with Crippen molar-refractivity contribution in [1.82, 2.24) is 4.98 Å². The van der Waals surface area contributed by atoms with Gasteiger partial charge in [-0.25, -0.2) is 4.98 Å². The Morgan fingerprint density at radius 1 is 1.44 bits per heavy atom. The standard InChI is InChI=1S/C11H8BrNO3/c12-9-4-2-1-3-8(9)11-13-7(6-16-11)5-10(14)15/h1-4,6H,5H2,(H,14,15). The third-order valence-corrected chi connectivity index (χ3v) is 2.68. The minimum Gasteiger partial charge on any atom is -0.481 e. The molecule has 5 heteroatoms. The van der Waals surface area contributed by atoms with E-state index in [1.54, 1.807) is 0 Å². The number of aromatic nitrogens is 1. The Kier molecular flexibility index (Phi) is 3.05. The van der Waals surface area contributed by atoms with E-state index in [0.717, 1.165) is 10.0 Å². The van der Waals surface area contributed by atoms with Gasteiger partial charge in [0.1, 0.15) is 6.26 Å². The molecule has 0 fully saturated rings. The average Bonchev–Trinajstić information content (AvgIpc) is 2.66. The Bertz CT molecular complexity index is 521. The van der Waals surface area contributed by atoms with Gasteiger partial charge in [0, 0.05) is 4.47 Å². The van der Waals surface area contributed by atoms with Crippen LogP contribution in [0.15, 0.2) is 39.4 Å². The second-order valence-corrected chi connectivity index (χ2v) is 4.05. The number of benzene rings is 1. The van der Waals surface area contributed by atoms with Crippen LogP contribution in [0.25, 0.3) is 11.5 Å². The molecule has 0 unspecified atom stereocenters. The molecule has 2 rings (SSSR count). The zero-order valence-corrected chi connectivity index (χ0v) is 9.77. The fraction of sp³-hybridized carbons (Fsp3) is 0.0909. The summed E-state index contributed by atoms with van der Waals surface area (Å²) in [5, 5.41) is 8.61. The van der Waals surface area contributed by atoms with Crippen LogP contribution in [0.2, 0.25) is 0 Å². The topological polar surface area (TPSA) is 63.3 Å². The molecule has 0 aliphatic carbocycles. The lowest BCUT2D eigenvalue weighted by molar-refractivity contribution is -0.136. The highest BCUT2D eigenvalue weighted by Crippen LogP contribution is 2.27. The molecule has 0 amide bonds. The van der Waals surface area contributed by atoms with E-state index in [9.17, 15) is 4.79 Å². The van der Waals surface area contributed by atoms with Gasteiger partial charge in [-0.15, -0.1) is 0 Å². The van der Waals surface area contributed by atoms with Gasteiger partial charge in [-0.3, -0.25) is 4.79 Å². The summed E-state index contributed by atoms with van der Waals surface area (Å²) in [5.74, 6) is -0.504. The Hall–Kier alpha value is -1.62. The molecule has 0 bridgehead atoms. The van der Waals surface area contributed by atoms with Crippen molar-refractivity contribution in [3.05, 3.63) is 40.7 Å². The second kappa shape index (κ2) is 4.49. The number of hydrogen-bond donors (Lipinski definition) is 1. The van der Waals surface area contributed by atoms with Crippen LogP contribution < -0.4 is 0 Å². The molecule has 2 aromatic rings. The Morgan fingerprint density at radius 3 is 2.88 bits per heavy atom. The van der Waals surface area contributed by atoms with E-state index in [1.807, 2.05) is 24.3 Å². The largest absolute Gasteiger partial charge is 0.481 e. The predicted octanol–water partition coefficient (Wildman–Crippen LogP) is 2.73. The Labute approximate surface area is 100 Å². The lowest BCUT2D eigenvalue weighted by Crippen LogP contribution is -1.99. The van der Waals surface area contributed by atoms with Crippen molar-refractivity contribution in [3.63, 3.8) is 0 Å².